The standard InChI is InChI=1S/C13H8Cl3NO/c14-9-3-1-7(5-11(9)16)13(18)8-2-4-10(15)12(17)6-8/h1-6H,17H2. The Labute approximate surface area is 119 Å². The van der Waals surface area contributed by atoms with Crippen LogP contribution < -0.4 is 5.73 Å². The van der Waals surface area contributed by atoms with Gasteiger partial charge in [0.2, 0.25) is 0 Å². The monoisotopic (exact) mass is 299 g/mol. The van der Waals surface area contributed by atoms with Crippen LogP contribution in [0, 0.1) is 0 Å². The van der Waals surface area contributed by atoms with Gasteiger partial charge in [-0.05, 0) is 36.4 Å². The number of benzene rings is 2. The first-order valence-corrected chi connectivity index (χ1v) is 6.17. The molecule has 92 valence electrons. The fourth-order valence-corrected chi connectivity index (χ4v) is 1.90. The van der Waals surface area contributed by atoms with Gasteiger partial charge in [-0.2, -0.15) is 0 Å². The summed E-state index contributed by atoms with van der Waals surface area (Å²) in [6.45, 7) is 0. The first kappa shape index (κ1) is 13.2. The Morgan fingerprint density at radius 3 is 1.94 bits per heavy atom. The molecular formula is C13H8Cl3NO. The summed E-state index contributed by atoms with van der Waals surface area (Å²) in [7, 11) is 0. The predicted molar refractivity (Wildman–Crippen MR) is 75.8 cm³/mol. The molecule has 0 bridgehead atoms. The molecule has 0 amide bonds. The number of ketones is 1. The van der Waals surface area contributed by atoms with E-state index in [0.29, 0.717) is 31.9 Å². The zero-order valence-corrected chi connectivity index (χ0v) is 11.4. The number of halogens is 3. The van der Waals surface area contributed by atoms with Crippen molar-refractivity contribution in [2.24, 2.45) is 0 Å². The normalized spacial score (nSPS) is 10.4. The van der Waals surface area contributed by atoms with Crippen LogP contribution in [-0.4, -0.2) is 5.78 Å². The third kappa shape index (κ3) is 2.61. The van der Waals surface area contributed by atoms with E-state index < -0.39 is 0 Å². The van der Waals surface area contributed by atoms with Crippen LogP contribution in [0.2, 0.25) is 15.1 Å². The number of nitrogen functional groups attached to an aromatic ring is 1. The fourth-order valence-electron chi connectivity index (χ4n) is 1.49. The summed E-state index contributed by atoms with van der Waals surface area (Å²) >= 11 is 17.5. The third-order valence-electron chi connectivity index (χ3n) is 2.44. The summed E-state index contributed by atoms with van der Waals surface area (Å²) in [5.41, 5.74) is 6.93. The lowest BCUT2D eigenvalue weighted by molar-refractivity contribution is 0.103. The Morgan fingerprint density at radius 2 is 1.39 bits per heavy atom. The molecular weight excluding hydrogens is 293 g/mol. The SMILES string of the molecule is Nc1cc(C(=O)c2ccc(Cl)c(Cl)c2)ccc1Cl. The number of nitrogens with two attached hydrogens (primary N) is 1. The van der Waals surface area contributed by atoms with Gasteiger partial charge in [-0.25, -0.2) is 0 Å². The number of hydrogen-bond acceptors (Lipinski definition) is 2. The van der Waals surface area contributed by atoms with Crippen LogP contribution >= 0.6 is 34.8 Å². The van der Waals surface area contributed by atoms with E-state index in [1.54, 1.807) is 24.3 Å². The largest absolute Gasteiger partial charge is 0.398 e. The summed E-state index contributed by atoms with van der Waals surface area (Å²) in [5, 5.41) is 1.16. The predicted octanol–water partition coefficient (Wildman–Crippen LogP) is 4.46. The Bertz CT molecular complexity index is 572. The molecule has 2 nitrogen and oxygen atoms in total. The summed E-state index contributed by atoms with van der Waals surface area (Å²) in [5.74, 6) is -0.183. The van der Waals surface area contributed by atoms with Crippen molar-refractivity contribution in [1.29, 1.82) is 0 Å². The van der Waals surface area contributed by atoms with Crippen LogP contribution in [-0.2, 0) is 0 Å². The van der Waals surface area contributed by atoms with Crippen LogP contribution in [0.4, 0.5) is 5.69 Å². The highest BCUT2D eigenvalue weighted by Crippen LogP contribution is 2.25. The summed E-state index contributed by atoms with van der Waals surface area (Å²) in [4.78, 5) is 12.2. The van der Waals surface area contributed by atoms with E-state index in [4.69, 9.17) is 40.5 Å². The smallest absolute Gasteiger partial charge is 0.193 e. The van der Waals surface area contributed by atoms with Crippen LogP contribution in [0.3, 0.4) is 0 Å². The Balaban J connectivity index is 2.41. The number of anilines is 1. The molecule has 2 aromatic rings. The minimum Gasteiger partial charge on any atom is -0.398 e. The highest BCUT2D eigenvalue weighted by Gasteiger charge is 2.12. The number of carbonyl (C=O) groups excluding carboxylic acids is 1. The minimum absolute atomic E-state index is 0.183. The van der Waals surface area contributed by atoms with Crippen molar-refractivity contribution in [2.75, 3.05) is 5.73 Å². The van der Waals surface area contributed by atoms with Crippen molar-refractivity contribution in [1.82, 2.24) is 0 Å². The van der Waals surface area contributed by atoms with Crippen molar-refractivity contribution in [3.63, 3.8) is 0 Å². The summed E-state index contributed by atoms with van der Waals surface area (Å²) in [6, 6.07) is 9.45. The maximum Gasteiger partial charge on any atom is 0.193 e. The molecule has 0 aliphatic rings. The zero-order chi connectivity index (χ0) is 13.3. The van der Waals surface area contributed by atoms with Crippen LogP contribution in [0.25, 0.3) is 0 Å². The minimum atomic E-state index is -0.183. The Kier molecular flexibility index (Phi) is 3.81. The molecule has 0 heterocycles. The molecule has 0 radical (unpaired) electrons. The number of carbonyl (C=O) groups is 1. The van der Waals surface area contributed by atoms with Crippen molar-refractivity contribution in [3.05, 3.63) is 62.6 Å². The van der Waals surface area contributed by atoms with Gasteiger partial charge in [0.25, 0.3) is 0 Å². The lowest BCUT2D eigenvalue weighted by atomic mass is 10.0. The maximum absolute atomic E-state index is 12.2. The molecule has 0 aliphatic heterocycles. The molecule has 0 fully saturated rings. The molecule has 2 rings (SSSR count). The van der Waals surface area contributed by atoms with Crippen LogP contribution in [0.1, 0.15) is 15.9 Å². The van der Waals surface area contributed by atoms with Crippen molar-refractivity contribution in [2.45, 2.75) is 0 Å². The molecule has 0 saturated heterocycles. The number of rotatable bonds is 2. The first-order valence-electron chi connectivity index (χ1n) is 5.04. The molecule has 0 unspecified atom stereocenters. The van der Waals surface area contributed by atoms with Gasteiger partial charge < -0.3 is 5.73 Å². The molecule has 0 aliphatic carbocycles. The molecule has 0 atom stereocenters. The summed E-state index contributed by atoms with van der Waals surface area (Å²) < 4.78 is 0. The van der Waals surface area contributed by atoms with Gasteiger partial charge in [-0.15, -0.1) is 0 Å². The van der Waals surface area contributed by atoms with Crippen molar-refractivity contribution < 1.29 is 4.79 Å². The van der Waals surface area contributed by atoms with Gasteiger partial charge in [0.1, 0.15) is 0 Å². The first-order chi connectivity index (χ1) is 8.49. The molecule has 0 spiro atoms. The van der Waals surface area contributed by atoms with Gasteiger partial charge in [-0.3, -0.25) is 4.79 Å². The third-order valence-corrected chi connectivity index (χ3v) is 3.52. The Hall–Kier alpha value is -1.22. The van der Waals surface area contributed by atoms with E-state index in [2.05, 4.69) is 0 Å². The van der Waals surface area contributed by atoms with Gasteiger partial charge in [0.15, 0.2) is 5.78 Å². The van der Waals surface area contributed by atoms with E-state index in [0.717, 1.165) is 0 Å². The number of hydrogen-bond donors (Lipinski definition) is 1. The van der Waals surface area contributed by atoms with Crippen molar-refractivity contribution in [3.8, 4) is 0 Å². The van der Waals surface area contributed by atoms with Gasteiger partial charge in [0.05, 0.1) is 20.8 Å². The van der Waals surface area contributed by atoms with Crippen LogP contribution in [0.15, 0.2) is 36.4 Å². The van der Waals surface area contributed by atoms with E-state index >= 15 is 0 Å². The lowest BCUT2D eigenvalue weighted by Crippen LogP contribution is -2.02. The highest BCUT2D eigenvalue weighted by molar-refractivity contribution is 6.42. The van der Waals surface area contributed by atoms with Gasteiger partial charge >= 0.3 is 0 Å². The Morgan fingerprint density at radius 1 is 0.833 bits per heavy atom. The molecule has 18 heavy (non-hydrogen) atoms. The molecule has 0 saturated carbocycles. The fraction of sp³-hybridized carbons (Fsp3) is 0. The second kappa shape index (κ2) is 5.19. The molecule has 0 aromatic heterocycles. The molecule has 5 heteroatoms. The van der Waals surface area contributed by atoms with E-state index in [-0.39, 0.29) is 5.78 Å². The average Bonchev–Trinajstić information content (AvgIpc) is 2.35. The second-order valence-corrected chi connectivity index (χ2v) is 4.92. The molecule has 2 aromatic carbocycles. The second-order valence-electron chi connectivity index (χ2n) is 3.69. The topological polar surface area (TPSA) is 43.1 Å². The van der Waals surface area contributed by atoms with E-state index in [1.165, 1.54) is 12.1 Å². The zero-order valence-electron chi connectivity index (χ0n) is 9.08. The average molecular weight is 301 g/mol. The highest BCUT2D eigenvalue weighted by atomic mass is 35.5. The summed E-state index contributed by atoms with van der Waals surface area (Å²) in [6.07, 6.45) is 0. The van der Waals surface area contributed by atoms with E-state index in [9.17, 15) is 4.79 Å². The van der Waals surface area contributed by atoms with Gasteiger partial charge in [-0.1, -0.05) is 34.8 Å². The quantitative estimate of drug-likeness (QED) is 0.657. The van der Waals surface area contributed by atoms with Crippen molar-refractivity contribution >= 4 is 46.3 Å². The lowest BCUT2D eigenvalue weighted by Gasteiger charge is -2.05. The molecule has 2 N–H and O–H groups in total. The maximum atomic E-state index is 12.2. The van der Waals surface area contributed by atoms with Crippen LogP contribution in [0.5, 0.6) is 0 Å². The van der Waals surface area contributed by atoms with Gasteiger partial charge in [0, 0.05) is 11.1 Å². The van der Waals surface area contributed by atoms with E-state index in [1.807, 2.05) is 0 Å².